The Bertz CT molecular complexity index is 1500. The predicted molar refractivity (Wildman–Crippen MR) is 142 cm³/mol. The molecule has 0 amide bonds. The molecule has 3 heterocycles. The van der Waals surface area contributed by atoms with Crippen molar-refractivity contribution in [2.75, 3.05) is 32.0 Å². The van der Waals surface area contributed by atoms with Crippen LogP contribution in [0.5, 0.6) is 5.88 Å². The minimum atomic E-state index is -1.12. The van der Waals surface area contributed by atoms with Gasteiger partial charge in [0.25, 0.3) is 5.56 Å². The van der Waals surface area contributed by atoms with E-state index in [2.05, 4.69) is 40.3 Å². The van der Waals surface area contributed by atoms with E-state index >= 15 is 0 Å². The highest BCUT2D eigenvalue weighted by Gasteiger charge is 2.27. The summed E-state index contributed by atoms with van der Waals surface area (Å²) in [6.07, 6.45) is 2.81. The fourth-order valence-electron chi connectivity index (χ4n) is 4.72. The lowest BCUT2D eigenvalue weighted by Gasteiger charge is -2.34. The maximum Gasteiger partial charge on any atom is 0.337 e. The van der Waals surface area contributed by atoms with Crippen LogP contribution in [0.15, 0.2) is 47.5 Å². The number of hydrogen-bond acceptors (Lipinski definition) is 7. The lowest BCUT2D eigenvalue weighted by molar-refractivity contribution is 0.0696. The zero-order valence-corrected chi connectivity index (χ0v) is 21.8. The first kappa shape index (κ1) is 26.0. The van der Waals surface area contributed by atoms with Gasteiger partial charge in [-0.2, -0.15) is 5.10 Å². The molecule has 0 saturated heterocycles. The van der Waals surface area contributed by atoms with E-state index in [-0.39, 0.29) is 22.2 Å². The van der Waals surface area contributed by atoms with Gasteiger partial charge in [-0.3, -0.25) is 9.69 Å². The van der Waals surface area contributed by atoms with Crippen LogP contribution < -0.4 is 16.0 Å². The number of fused-ring (bicyclic) bond motifs is 1. The third kappa shape index (κ3) is 5.08. The molecule has 11 heteroatoms. The molecule has 37 heavy (non-hydrogen) atoms. The number of nitrogen functional groups attached to an aromatic ring is 1. The minimum absolute atomic E-state index is 0.0117. The number of para-hydroxylation sites is 2. The van der Waals surface area contributed by atoms with Gasteiger partial charge in [-0.15, -0.1) is 0 Å². The fraction of sp³-hybridized carbons (Fsp3) is 0.385. The molecule has 1 aromatic carbocycles. The minimum Gasteiger partial charge on any atom is -0.478 e. The average Bonchev–Trinajstić information content (AvgIpc) is 3.38. The van der Waals surface area contributed by atoms with Gasteiger partial charge in [0, 0.05) is 33.4 Å². The molecule has 4 rings (SSSR count). The van der Waals surface area contributed by atoms with Crippen molar-refractivity contribution in [3.63, 3.8) is 0 Å². The first-order chi connectivity index (χ1) is 17.5. The van der Waals surface area contributed by atoms with Crippen LogP contribution >= 0.6 is 0 Å². The molecule has 0 aliphatic carbocycles. The number of nitrogens with two attached hydrogens (primary N) is 1. The molecule has 3 aromatic heterocycles. The van der Waals surface area contributed by atoms with Crippen molar-refractivity contribution in [2.45, 2.75) is 26.3 Å². The van der Waals surface area contributed by atoms with E-state index < -0.39 is 5.97 Å². The smallest absolute Gasteiger partial charge is 0.337 e. The van der Waals surface area contributed by atoms with Crippen LogP contribution in [0.25, 0.3) is 22.2 Å². The van der Waals surface area contributed by atoms with Gasteiger partial charge >= 0.3 is 5.97 Å². The van der Waals surface area contributed by atoms with Gasteiger partial charge < -0.3 is 24.7 Å². The maximum atomic E-state index is 12.8. The summed E-state index contributed by atoms with van der Waals surface area (Å²) in [6, 6.07) is 9.26. The molecular formula is C26H33N7O4. The zero-order valence-electron chi connectivity index (χ0n) is 21.8. The largest absolute Gasteiger partial charge is 0.478 e. The summed E-state index contributed by atoms with van der Waals surface area (Å²) in [5.41, 5.74) is 8.17. The Hall–Kier alpha value is -4.12. The van der Waals surface area contributed by atoms with Crippen LogP contribution in [0, 0.1) is 0 Å². The second-order valence-electron chi connectivity index (χ2n) is 9.67. The number of aromatic carboxylic acids is 1. The molecule has 0 radical (unpaired) electrons. The molecule has 3 N–H and O–H groups in total. The molecule has 0 fully saturated rings. The quantitative estimate of drug-likeness (QED) is 0.335. The highest BCUT2D eigenvalue weighted by Crippen LogP contribution is 2.29. The van der Waals surface area contributed by atoms with Gasteiger partial charge in [0.2, 0.25) is 11.8 Å². The predicted octanol–water partition coefficient (Wildman–Crippen LogP) is 2.55. The van der Waals surface area contributed by atoms with Crippen LogP contribution in [0.1, 0.15) is 31.1 Å². The number of anilines is 1. The summed E-state index contributed by atoms with van der Waals surface area (Å²) in [4.78, 5) is 31.1. The highest BCUT2D eigenvalue weighted by molar-refractivity contribution is 5.89. The molecular weight excluding hydrogens is 474 g/mol. The van der Waals surface area contributed by atoms with E-state index in [0.29, 0.717) is 37.1 Å². The van der Waals surface area contributed by atoms with Crippen molar-refractivity contribution in [1.29, 1.82) is 0 Å². The number of pyridine rings is 1. The molecule has 0 bridgehead atoms. The number of imidazole rings is 1. The summed E-state index contributed by atoms with van der Waals surface area (Å²) >= 11 is 0. The van der Waals surface area contributed by atoms with Crippen molar-refractivity contribution >= 4 is 23.0 Å². The summed E-state index contributed by atoms with van der Waals surface area (Å²) < 4.78 is 11.0. The molecule has 0 aliphatic heterocycles. The van der Waals surface area contributed by atoms with Crippen molar-refractivity contribution in [3.8, 4) is 17.0 Å². The van der Waals surface area contributed by atoms with Gasteiger partial charge in [-0.05, 0) is 38.6 Å². The Labute approximate surface area is 214 Å². The summed E-state index contributed by atoms with van der Waals surface area (Å²) in [7, 11) is 3.24. The number of nitrogens with zero attached hydrogens (tertiary/aromatic N) is 6. The molecule has 0 atom stereocenters. The molecule has 0 unspecified atom stereocenters. The van der Waals surface area contributed by atoms with Crippen LogP contribution in [-0.2, 0) is 19.6 Å². The normalized spacial score (nSPS) is 11.9. The fourth-order valence-corrected chi connectivity index (χ4v) is 4.72. The zero-order chi connectivity index (χ0) is 26.9. The molecule has 0 saturated carbocycles. The second-order valence-corrected chi connectivity index (χ2v) is 9.67. The lowest BCUT2D eigenvalue weighted by Crippen LogP contribution is -2.43. The number of likely N-dealkylation sites (N-methyl/N-ethyl adjacent to an activating group) is 1. The van der Waals surface area contributed by atoms with E-state index in [1.807, 2.05) is 24.3 Å². The number of carboxylic acids is 1. The first-order valence-electron chi connectivity index (χ1n) is 12.1. The summed E-state index contributed by atoms with van der Waals surface area (Å²) in [5, 5.41) is 13.7. The molecule has 0 aliphatic rings. The Kier molecular flexibility index (Phi) is 7.08. The number of ether oxygens (including phenoxy) is 1. The van der Waals surface area contributed by atoms with E-state index in [9.17, 15) is 14.7 Å². The lowest BCUT2D eigenvalue weighted by atomic mass is 10.0. The Morgan fingerprint density at radius 3 is 2.65 bits per heavy atom. The molecule has 4 aromatic rings. The third-order valence-corrected chi connectivity index (χ3v) is 6.50. The van der Waals surface area contributed by atoms with Crippen LogP contribution in [0.4, 0.5) is 5.95 Å². The van der Waals surface area contributed by atoms with E-state index in [1.54, 1.807) is 11.7 Å². The third-order valence-electron chi connectivity index (χ3n) is 6.50. The number of aryl methyl sites for hydroxylation is 2. The van der Waals surface area contributed by atoms with Crippen LogP contribution in [-0.4, -0.2) is 66.1 Å². The average molecular weight is 508 g/mol. The summed E-state index contributed by atoms with van der Waals surface area (Å²) in [6.45, 7) is 8.80. The van der Waals surface area contributed by atoms with Gasteiger partial charge in [-0.1, -0.05) is 19.1 Å². The molecule has 0 spiro atoms. The highest BCUT2D eigenvalue weighted by atomic mass is 16.5. The SMILES string of the molecule is CCN(CCOc1c(-c2cc(C(=O)O)cn(C)c2=O)cnn1C)CC(C)(C)n1c(N)nc2ccccc21. The topological polar surface area (TPSA) is 133 Å². The van der Waals surface area contributed by atoms with Crippen molar-refractivity contribution in [1.82, 2.24) is 28.8 Å². The second kappa shape index (κ2) is 10.1. The monoisotopic (exact) mass is 507 g/mol. The Morgan fingerprint density at radius 1 is 1.22 bits per heavy atom. The maximum absolute atomic E-state index is 12.8. The molecule has 196 valence electrons. The van der Waals surface area contributed by atoms with Gasteiger partial charge in [0.15, 0.2) is 0 Å². The molecule has 11 nitrogen and oxygen atoms in total. The standard InChI is InChI=1S/C26H33N7O4/c1-6-32(16-26(2,3)33-21-10-8-7-9-20(21)29-25(33)27)11-12-37-23-19(14-28-31(23)5)18-13-17(24(35)36)15-30(4)22(18)34/h7-10,13-15H,6,11-12,16H2,1-5H3,(H2,27,29)(H,35,36). The van der Waals surface area contributed by atoms with Gasteiger partial charge in [0.05, 0.1) is 39.5 Å². The number of benzene rings is 1. The Morgan fingerprint density at radius 2 is 1.95 bits per heavy atom. The van der Waals surface area contributed by atoms with E-state index in [1.165, 1.54) is 30.1 Å². The van der Waals surface area contributed by atoms with Crippen molar-refractivity contribution < 1.29 is 14.6 Å². The first-order valence-corrected chi connectivity index (χ1v) is 12.1. The number of hydrogen-bond donors (Lipinski definition) is 2. The number of rotatable bonds is 10. The van der Waals surface area contributed by atoms with Crippen LogP contribution in [0.2, 0.25) is 0 Å². The van der Waals surface area contributed by atoms with Gasteiger partial charge in [0.1, 0.15) is 6.61 Å². The Balaban J connectivity index is 1.51. The van der Waals surface area contributed by atoms with Crippen molar-refractivity contribution in [2.24, 2.45) is 14.1 Å². The number of carboxylic acid groups (broad SMARTS) is 1. The van der Waals surface area contributed by atoms with Crippen molar-refractivity contribution in [3.05, 3.63) is 58.6 Å². The van der Waals surface area contributed by atoms with E-state index in [0.717, 1.165) is 17.6 Å². The van der Waals surface area contributed by atoms with E-state index in [4.69, 9.17) is 10.5 Å². The summed E-state index contributed by atoms with van der Waals surface area (Å²) in [5.74, 6) is -0.237. The number of carbonyl (C=O) groups is 1. The van der Waals surface area contributed by atoms with Crippen LogP contribution in [0.3, 0.4) is 0 Å². The van der Waals surface area contributed by atoms with Gasteiger partial charge in [-0.25, -0.2) is 14.5 Å². The number of aromatic nitrogens is 5.